The molecule has 0 bridgehead atoms. The third-order valence-electron chi connectivity index (χ3n) is 4.18. The van der Waals surface area contributed by atoms with Crippen LogP contribution >= 0.6 is 0 Å². The average Bonchev–Trinajstić information content (AvgIpc) is 2.55. The van der Waals surface area contributed by atoms with Crippen molar-refractivity contribution in [2.24, 2.45) is 0 Å². The van der Waals surface area contributed by atoms with Crippen LogP contribution in [0.4, 0.5) is 5.82 Å². The number of piperazine rings is 1. The van der Waals surface area contributed by atoms with Gasteiger partial charge in [-0.05, 0) is 30.2 Å². The highest BCUT2D eigenvalue weighted by Gasteiger charge is 2.16. The molecule has 3 N–H and O–H groups in total. The summed E-state index contributed by atoms with van der Waals surface area (Å²) in [6.07, 6.45) is 0. The number of nitrogens with zero attached hydrogens (tertiary/aromatic N) is 2. The van der Waals surface area contributed by atoms with E-state index in [1.165, 1.54) is 0 Å². The highest BCUT2D eigenvalue weighted by Crippen LogP contribution is 2.30. The van der Waals surface area contributed by atoms with Gasteiger partial charge in [-0.25, -0.2) is 4.98 Å². The number of ether oxygens (including phenoxy) is 1. The van der Waals surface area contributed by atoms with Crippen molar-refractivity contribution in [3.05, 3.63) is 41.6 Å². The molecule has 0 saturated carbocycles. The Morgan fingerprint density at radius 2 is 2.21 bits per heavy atom. The number of benzene rings is 1. The number of methoxy groups -OCH3 is 1. The lowest BCUT2D eigenvalue weighted by molar-refractivity contribution is -0.124. The molecule has 3 rings (SSSR count). The first-order valence-corrected chi connectivity index (χ1v) is 7.96. The number of amides is 1. The number of aromatic nitrogens is 1. The van der Waals surface area contributed by atoms with Gasteiger partial charge in [0.25, 0.3) is 0 Å². The smallest absolute Gasteiger partial charge is 0.234 e. The summed E-state index contributed by atoms with van der Waals surface area (Å²) in [5.41, 5.74) is 9.87. The maximum atomic E-state index is 11.5. The van der Waals surface area contributed by atoms with Gasteiger partial charge in [-0.15, -0.1) is 0 Å². The largest absolute Gasteiger partial charge is 0.495 e. The summed E-state index contributed by atoms with van der Waals surface area (Å²) in [6.45, 7) is 4.60. The SMILES string of the molecule is COc1cc(-c2cccc(CN3CCNC(=O)C3)c2)c(N)nc1C. The number of nitrogen functional groups attached to an aromatic ring is 1. The lowest BCUT2D eigenvalue weighted by Gasteiger charge is -2.26. The lowest BCUT2D eigenvalue weighted by atomic mass is 10.0. The number of carbonyl (C=O) groups is 1. The van der Waals surface area contributed by atoms with Gasteiger partial charge >= 0.3 is 0 Å². The quantitative estimate of drug-likeness (QED) is 0.892. The summed E-state index contributed by atoms with van der Waals surface area (Å²) in [5.74, 6) is 1.29. The Morgan fingerprint density at radius 1 is 1.38 bits per heavy atom. The van der Waals surface area contributed by atoms with Crippen LogP contribution in [0, 0.1) is 6.92 Å². The molecular formula is C18H22N4O2. The van der Waals surface area contributed by atoms with E-state index in [1.807, 2.05) is 25.1 Å². The van der Waals surface area contributed by atoms with Crippen molar-refractivity contribution in [1.29, 1.82) is 0 Å². The van der Waals surface area contributed by atoms with E-state index in [0.29, 0.717) is 18.9 Å². The predicted octanol–water partition coefficient (Wildman–Crippen LogP) is 1.58. The van der Waals surface area contributed by atoms with E-state index >= 15 is 0 Å². The average molecular weight is 326 g/mol. The number of nitrogens with two attached hydrogens (primary N) is 1. The van der Waals surface area contributed by atoms with Crippen molar-refractivity contribution in [2.45, 2.75) is 13.5 Å². The third-order valence-corrected chi connectivity index (χ3v) is 4.18. The first-order valence-electron chi connectivity index (χ1n) is 7.96. The minimum absolute atomic E-state index is 0.0779. The fourth-order valence-corrected chi connectivity index (χ4v) is 2.97. The van der Waals surface area contributed by atoms with Crippen LogP contribution in [0.15, 0.2) is 30.3 Å². The number of anilines is 1. The summed E-state index contributed by atoms with van der Waals surface area (Å²) in [6, 6.07) is 10.1. The second kappa shape index (κ2) is 6.88. The number of hydrogen-bond donors (Lipinski definition) is 2. The molecule has 0 radical (unpaired) electrons. The molecule has 1 fully saturated rings. The van der Waals surface area contributed by atoms with Crippen LogP contribution in [0.1, 0.15) is 11.3 Å². The molecule has 6 nitrogen and oxygen atoms in total. The highest BCUT2D eigenvalue weighted by molar-refractivity contribution is 5.78. The Labute approximate surface area is 141 Å². The number of aryl methyl sites for hydroxylation is 1. The normalized spacial score (nSPS) is 15.2. The van der Waals surface area contributed by atoms with E-state index in [1.54, 1.807) is 7.11 Å². The van der Waals surface area contributed by atoms with Crippen LogP contribution in [0.25, 0.3) is 11.1 Å². The van der Waals surface area contributed by atoms with E-state index in [-0.39, 0.29) is 5.91 Å². The van der Waals surface area contributed by atoms with Crippen molar-refractivity contribution in [3.63, 3.8) is 0 Å². The van der Waals surface area contributed by atoms with Gasteiger partial charge < -0.3 is 15.8 Å². The molecule has 1 saturated heterocycles. The van der Waals surface area contributed by atoms with E-state index in [2.05, 4.69) is 27.3 Å². The standard InChI is InChI=1S/C18H22N4O2/c1-12-16(24-2)9-15(18(19)21-12)14-5-3-4-13(8-14)10-22-7-6-20-17(23)11-22/h3-5,8-9H,6-7,10-11H2,1-2H3,(H2,19,21)(H,20,23). The Bertz CT molecular complexity index is 761. The van der Waals surface area contributed by atoms with Crippen molar-refractivity contribution in [1.82, 2.24) is 15.2 Å². The number of nitrogens with one attached hydrogen (secondary N) is 1. The van der Waals surface area contributed by atoms with Gasteiger partial charge in [-0.1, -0.05) is 18.2 Å². The molecule has 1 aromatic heterocycles. The van der Waals surface area contributed by atoms with Crippen LogP contribution in [0.3, 0.4) is 0 Å². The summed E-state index contributed by atoms with van der Waals surface area (Å²) < 4.78 is 5.35. The van der Waals surface area contributed by atoms with Crippen LogP contribution in [-0.4, -0.2) is 42.5 Å². The molecule has 0 unspecified atom stereocenters. The third kappa shape index (κ3) is 3.49. The maximum absolute atomic E-state index is 11.5. The number of hydrogen-bond acceptors (Lipinski definition) is 5. The van der Waals surface area contributed by atoms with Crippen molar-refractivity contribution in [2.75, 3.05) is 32.5 Å². The fourth-order valence-electron chi connectivity index (χ4n) is 2.97. The van der Waals surface area contributed by atoms with Crippen LogP contribution in [-0.2, 0) is 11.3 Å². The van der Waals surface area contributed by atoms with E-state index < -0.39 is 0 Å². The topological polar surface area (TPSA) is 80.5 Å². The molecule has 24 heavy (non-hydrogen) atoms. The molecule has 0 spiro atoms. The van der Waals surface area contributed by atoms with Crippen LogP contribution < -0.4 is 15.8 Å². The maximum Gasteiger partial charge on any atom is 0.234 e. The minimum atomic E-state index is 0.0779. The molecule has 2 aromatic rings. The van der Waals surface area contributed by atoms with Crippen molar-refractivity contribution >= 4 is 11.7 Å². The van der Waals surface area contributed by atoms with E-state index in [0.717, 1.165) is 41.2 Å². The second-order valence-corrected chi connectivity index (χ2v) is 5.97. The predicted molar refractivity (Wildman–Crippen MR) is 93.7 cm³/mol. The molecule has 6 heteroatoms. The number of rotatable bonds is 4. The molecule has 1 aliphatic rings. The molecule has 1 aliphatic heterocycles. The first-order chi connectivity index (χ1) is 11.6. The fraction of sp³-hybridized carbons (Fsp3) is 0.333. The van der Waals surface area contributed by atoms with Gasteiger partial charge in [0.2, 0.25) is 5.91 Å². The van der Waals surface area contributed by atoms with Gasteiger partial charge in [-0.3, -0.25) is 9.69 Å². The zero-order valence-electron chi connectivity index (χ0n) is 14.0. The van der Waals surface area contributed by atoms with Crippen LogP contribution in [0.5, 0.6) is 5.75 Å². The zero-order valence-corrected chi connectivity index (χ0v) is 14.0. The highest BCUT2D eigenvalue weighted by atomic mass is 16.5. The van der Waals surface area contributed by atoms with Gasteiger partial charge in [-0.2, -0.15) is 0 Å². The monoisotopic (exact) mass is 326 g/mol. The molecule has 1 aromatic carbocycles. The summed E-state index contributed by atoms with van der Waals surface area (Å²) in [7, 11) is 1.63. The number of pyridine rings is 1. The Balaban J connectivity index is 1.86. The Kier molecular flexibility index (Phi) is 4.66. The first kappa shape index (κ1) is 16.3. The second-order valence-electron chi connectivity index (χ2n) is 5.97. The minimum Gasteiger partial charge on any atom is -0.495 e. The Hall–Kier alpha value is -2.60. The van der Waals surface area contributed by atoms with E-state index in [9.17, 15) is 4.79 Å². The molecule has 0 aliphatic carbocycles. The van der Waals surface area contributed by atoms with Gasteiger partial charge in [0.1, 0.15) is 11.6 Å². The molecule has 1 amide bonds. The molecule has 0 atom stereocenters. The zero-order chi connectivity index (χ0) is 17.1. The molecule has 126 valence electrons. The lowest BCUT2D eigenvalue weighted by Crippen LogP contribution is -2.47. The molecular weight excluding hydrogens is 304 g/mol. The van der Waals surface area contributed by atoms with Gasteiger partial charge in [0.15, 0.2) is 0 Å². The summed E-state index contributed by atoms with van der Waals surface area (Å²) >= 11 is 0. The van der Waals surface area contributed by atoms with Gasteiger partial charge in [0, 0.05) is 25.2 Å². The number of carbonyl (C=O) groups excluding carboxylic acids is 1. The van der Waals surface area contributed by atoms with Crippen molar-refractivity contribution < 1.29 is 9.53 Å². The summed E-state index contributed by atoms with van der Waals surface area (Å²) in [4.78, 5) is 18.0. The van der Waals surface area contributed by atoms with Crippen molar-refractivity contribution in [3.8, 4) is 16.9 Å². The van der Waals surface area contributed by atoms with Gasteiger partial charge in [0.05, 0.1) is 19.3 Å². The van der Waals surface area contributed by atoms with E-state index in [4.69, 9.17) is 10.5 Å². The van der Waals surface area contributed by atoms with Crippen LogP contribution in [0.2, 0.25) is 0 Å². The molecule has 2 heterocycles. The summed E-state index contributed by atoms with van der Waals surface area (Å²) in [5, 5.41) is 2.84. The Morgan fingerprint density at radius 3 is 2.96 bits per heavy atom.